The van der Waals surface area contributed by atoms with E-state index in [0.29, 0.717) is 6.07 Å². The molecule has 0 unspecified atom stereocenters. The number of aliphatic carboxylic acids is 1. The molecule has 0 heterocycles. The van der Waals surface area contributed by atoms with Crippen LogP contribution < -0.4 is 5.32 Å². The number of carboxylic acids is 1. The fourth-order valence-electron chi connectivity index (χ4n) is 2.09. The molecule has 0 saturated carbocycles. The van der Waals surface area contributed by atoms with Crippen LogP contribution in [-0.4, -0.2) is 26.0 Å². The third-order valence-electron chi connectivity index (χ3n) is 3.14. The van der Waals surface area contributed by atoms with Gasteiger partial charge in [-0.25, -0.2) is 8.42 Å². The number of sulfone groups is 1. The number of benzene rings is 2. The van der Waals surface area contributed by atoms with E-state index in [1.807, 2.05) is 0 Å². The van der Waals surface area contributed by atoms with E-state index >= 15 is 0 Å². The minimum absolute atomic E-state index is 0.215. The van der Waals surface area contributed by atoms with Gasteiger partial charge in [-0.1, -0.05) is 17.7 Å². The minimum Gasteiger partial charge on any atom is -0.480 e. The Morgan fingerprint density at radius 1 is 1.12 bits per heavy atom. The fourth-order valence-corrected chi connectivity index (χ4v) is 3.85. The van der Waals surface area contributed by atoms with E-state index in [1.165, 1.54) is 12.1 Å². The summed E-state index contributed by atoms with van der Waals surface area (Å²) < 4.78 is 65.4. The van der Waals surface area contributed by atoms with E-state index < -0.39 is 49.6 Å². The number of halogens is 4. The van der Waals surface area contributed by atoms with Gasteiger partial charge < -0.3 is 10.4 Å². The van der Waals surface area contributed by atoms with Crippen molar-refractivity contribution >= 4 is 33.1 Å². The molecular formula is C15H11ClF3NO4S. The summed E-state index contributed by atoms with van der Waals surface area (Å²) in [6.07, 6.45) is -4.95. The summed E-state index contributed by atoms with van der Waals surface area (Å²) in [5, 5.41) is 11.1. The Labute approximate surface area is 146 Å². The Morgan fingerprint density at radius 2 is 1.72 bits per heavy atom. The normalized spacial score (nSPS) is 12.0. The number of nitrogens with one attached hydrogen (secondary N) is 1. The maximum atomic E-state index is 13.3. The molecule has 25 heavy (non-hydrogen) atoms. The number of rotatable bonds is 5. The third-order valence-corrected chi connectivity index (χ3v) is 5.27. The largest absolute Gasteiger partial charge is 0.480 e. The van der Waals surface area contributed by atoms with Crippen LogP contribution in [0.25, 0.3) is 0 Å². The molecule has 2 aromatic rings. The van der Waals surface area contributed by atoms with E-state index in [2.05, 4.69) is 5.32 Å². The molecular weight excluding hydrogens is 383 g/mol. The van der Waals surface area contributed by atoms with Crippen molar-refractivity contribution in [1.29, 1.82) is 0 Å². The van der Waals surface area contributed by atoms with Crippen molar-refractivity contribution in [3.05, 3.63) is 53.1 Å². The SMILES string of the molecule is O=C(O)CNc1cccc(C(F)(F)F)c1S(=O)(=O)c1ccc(Cl)cc1. The maximum absolute atomic E-state index is 13.3. The fraction of sp³-hybridized carbons (Fsp3) is 0.133. The summed E-state index contributed by atoms with van der Waals surface area (Å²) in [6, 6.07) is 7.30. The smallest absolute Gasteiger partial charge is 0.417 e. The Hall–Kier alpha value is -2.26. The lowest BCUT2D eigenvalue weighted by Gasteiger charge is -2.17. The molecule has 0 amide bonds. The van der Waals surface area contributed by atoms with Crippen LogP contribution in [0.15, 0.2) is 52.3 Å². The van der Waals surface area contributed by atoms with Crippen LogP contribution in [0, 0.1) is 0 Å². The summed E-state index contributed by atoms with van der Waals surface area (Å²) in [6.45, 7) is -0.746. The average Bonchev–Trinajstić information content (AvgIpc) is 2.52. The molecule has 0 aliphatic heterocycles. The van der Waals surface area contributed by atoms with Gasteiger partial charge in [-0.2, -0.15) is 13.2 Å². The van der Waals surface area contributed by atoms with Crippen LogP contribution in [0.1, 0.15) is 5.56 Å². The van der Waals surface area contributed by atoms with Gasteiger partial charge in [0.05, 0.1) is 16.1 Å². The van der Waals surface area contributed by atoms with Gasteiger partial charge in [0.15, 0.2) is 0 Å². The molecule has 5 nitrogen and oxygen atoms in total. The molecule has 0 aliphatic rings. The zero-order chi connectivity index (χ0) is 18.8. The second-order valence-corrected chi connectivity index (χ2v) is 7.21. The van der Waals surface area contributed by atoms with Gasteiger partial charge in [0.1, 0.15) is 11.4 Å². The summed E-state index contributed by atoms with van der Waals surface area (Å²) in [7, 11) is -4.58. The first-order valence-corrected chi connectivity index (χ1v) is 8.56. The average molecular weight is 394 g/mol. The zero-order valence-electron chi connectivity index (χ0n) is 12.3. The Kier molecular flexibility index (Phi) is 5.28. The number of alkyl halides is 3. The predicted molar refractivity (Wildman–Crippen MR) is 84.5 cm³/mol. The summed E-state index contributed by atoms with van der Waals surface area (Å²) in [5.41, 5.74) is -1.84. The van der Waals surface area contributed by atoms with Gasteiger partial charge >= 0.3 is 12.1 Å². The lowest BCUT2D eigenvalue weighted by Crippen LogP contribution is -2.19. The Morgan fingerprint density at radius 3 is 2.24 bits per heavy atom. The number of hydrogen-bond donors (Lipinski definition) is 2. The van der Waals surface area contributed by atoms with Gasteiger partial charge in [-0.3, -0.25) is 4.79 Å². The van der Waals surface area contributed by atoms with Crippen LogP contribution in [-0.2, 0) is 20.8 Å². The number of anilines is 1. The maximum Gasteiger partial charge on any atom is 0.417 e. The van der Waals surface area contributed by atoms with Crippen LogP contribution in [0.2, 0.25) is 5.02 Å². The molecule has 10 heteroatoms. The summed E-state index contributed by atoms with van der Waals surface area (Å²) in [4.78, 5) is 9.24. The molecule has 0 fully saturated rings. The molecule has 0 saturated heterocycles. The van der Waals surface area contributed by atoms with E-state index in [9.17, 15) is 26.4 Å². The lowest BCUT2D eigenvalue weighted by atomic mass is 10.2. The highest BCUT2D eigenvalue weighted by atomic mass is 35.5. The van der Waals surface area contributed by atoms with Gasteiger partial charge in [-0.15, -0.1) is 0 Å². The summed E-state index contributed by atoms with van der Waals surface area (Å²) in [5.74, 6) is -1.35. The first kappa shape index (κ1) is 19.1. The van der Waals surface area contributed by atoms with Crippen molar-refractivity contribution in [3.8, 4) is 0 Å². The first-order valence-electron chi connectivity index (χ1n) is 6.70. The monoisotopic (exact) mass is 393 g/mol. The number of carboxylic acid groups (broad SMARTS) is 1. The molecule has 0 atom stereocenters. The van der Waals surface area contributed by atoms with Crippen molar-refractivity contribution in [2.24, 2.45) is 0 Å². The van der Waals surface area contributed by atoms with Crippen molar-refractivity contribution in [3.63, 3.8) is 0 Å². The Balaban J connectivity index is 2.71. The molecule has 0 aliphatic carbocycles. The molecule has 0 radical (unpaired) electrons. The second kappa shape index (κ2) is 6.93. The second-order valence-electron chi connectivity index (χ2n) is 4.88. The van der Waals surface area contributed by atoms with E-state index in [4.69, 9.17) is 16.7 Å². The molecule has 0 bridgehead atoms. The van der Waals surface area contributed by atoms with E-state index in [0.717, 1.165) is 24.3 Å². The molecule has 2 aromatic carbocycles. The summed E-state index contributed by atoms with van der Waals surface area (Å²) >= 11 is 5.68. The molecule has 2 N–H and O–H groups in total. The van der Waals surface area contributed by atoms with Gasteiger partial charge in [0.25, 0.3) is 0 Å². The zero-order valence-corrected chi connectivity index (χ0v) is 13.9. The topological polar surface area (TPSA) is 83.5 Å². The molecule has 0 aromatic heterocycles. The lowest BCUT2D eigenvalue weighted by molar-refractivity contribution is -0.139. The molecule has 134 valence electrons. The van der Waals surface area contributed by atoms with Crippen LogP contribution in [0.4, 0.5) is 18.9 Å². The quantitative estimate of drug-likeness (QED) is 0.809. The molecule has 2 rings (SSSR count). The Bertz CT molecular complexity index is 896. The molecule has 0 spiro atoms. The van der Waals surface area contributed by atoms with Crippen molar-refractivity contribution in [2.75, 3.05) is 11.9 Å². The third kappa shape index (κ3) is 4.23. The highest BCUT2D eigenvalue weighted by Crippen LogP contribution is 2.40. The highest BCUT2D eigenvalue weighted by Gasteiger charge is 2.39. The number of carbonyl (C=O) groups is 1. The predicted octanol–water partition coefficient (Wildman–Crippen LogP) is 3.69. The standard InChI is InChI=1S/C15H11ClF3NO4S/c16-9-4-6-10(7-5-9)25(23,24)14-11(15(17,18)19)2-1-3-12(14)20-8-13(21)22/h1-7,20H,8H2,(H,21,22). The van der Waals surface area contributed by atoms with Crippen molar-refractivity contribution in [1.82, 2.24) is 0 Å². The van der Waals surface area contributed by atoms with Gasteiger partial charge in [-0.05, 0) is 36.4 Å². The van der Waals surface area contributed by atoms with Crippen molar-refractivity contribution < 1.29 is 31.5 Å². The minimum atomic E-state index is -4.95. The van der Waals surface area contributed by atoms with Crippen LogP contribution in [0.3, 0.4) is 0 Å². The van der Waals surface area contributed by atoms with E-state index in [-0.39, 0.29) is 5.02 Å². The van der Waals surface area contributed by atoms with Crippen LogP contribution in [0.5, 0.6) is 0 Å². The van der Waals surface area contributed by atoms with Gasteiger partial charge in [0, 0.05) is 5.02 Å². The van der Waals surface area contributed by atoms with Gasteiger partial charge in [0.2, 0.25) is 9.84 Å². The highest BCUT2D eigenvalue weighted by molar-refractivity contribution is 7.91. The first-order chi connectivity index (χ1) is 11.5. The van der Waals surface area contributed by atoms with Crippen LogP contribution >= 0.6 is 11.6 Å². The number of hydrogen-bond acceptors (Lipinski definition) is 4. The van der Waals surface area contributed by atoms with E-state index in [1.54, 1.807) is 0 Å². The van der Waals surface area contributed by atoms with Crippen molar-refractivity contribution in [2.45, 2.75) is 16.0 Å².